The molecule has 6 amide bonds. The van der Waals surface area contributed by atoms with Gasteiger partial charge in [-0.3, -0.25) is 19.8 Å². The summed E-state index contributed by atoms with van der Waals surface area (Å²) in [7, 11) is 0. The third-order valence-corrected chi connectivity index (χ3v) is 3.83. The van der Waals surface area contributed by atoms with Crippen molar-refractivity contribution in [1.29, 1.82) is 0 Å². The van der Waals surface area contributed by atoms with E-state index in [-0.39, 0.29) is 5.56 Å². The number of amides is 6. The summed E-state index contributed by atoms with van der Waals surface area (Å²) in [6, 6.07) is 0.801. The van der Waals surface area contributed by atoms with Gasteiger partial charge in [0, 0.05) is 12.1 Å². The number of imide groups is 2. The van der Waals surface area contributed by atoms with Gasteiger partial charge in [-0.25, -0.2) is 18.4 Å². The van der Waals surface area contributed by atoms with E-state index in [0.717, 1.165) is 18.2 Å². The Morgan fingerprint density at radius 2 is 1.96 bits per heavy atom. The highest BCUT2D eigenvalue weighted by Gasteiger charge is 2.50. The summed E-state index contributed by atoms with van der Waals surface area (Å²) in [4.78, 5) is 48.5. The number of carbonyl (C=O) groups excluding carboxylic acids is 4. The molecule has 0 saturated carbocycles. The first-order chi connectivity index (χ1) is 12.2. The number of carbonyl (C=O) groups is 4. The first-order valence-electron chi connectivity index (χ1n) is 7.86. The van der Waals surface area contributed by atoms with E-state index in [2.05, 4.69) is 10.6 Å². The first-order valence-corrected chi connectivity index (χ1v) is 7.86. The highest BCUT2D eigenvalue weighted by atomic mass is 19.1. The molecule has 1 aromatic carbocycles. The Morgan fingerprint density at radius 1 is 1.27 bits per heavy atom. The van der Waals surface area contributed by atoms with Gasteiger partial charge >= 0.3 is 12.1 Å². The summed E-state index contributed by atoms with van der Waals surface area (Å²) in [6.07, 6.45) is 0.659. The van der Waals surface area contributed by atoms with E-state index in [1.54, 1.807) is 0 Å². The fraction of sp³-hybridized carbons (Fsp3) is 0.375. The monoisotopic (exact) mass is 368 g/mol. The van der Waals surface area contributed by atoms with Crippen molar-refractivity contribution in [3.63, 3.8) is 0 Å². The minimum Gasteiger partial charge on any atom is -0.338 e. The van der Waals surface area contributed by atoms with Crippen molar-refractivity contribution in [2.24, 2.45) is 0 Å². The second-order valence-corrected chi connectivity index (χ2v) is 5.87. The predicted octanol–water partition coefficient (Wildman–Crippen LogP) is 0.968. The zero-order chi connectivity index (χ0) is 19.5. The van der Waals surface area contributed by atoms with Crippen LogP contribution in [0.1, 0.15) is 25.8 Å². The van der Waals surface area contributed by atoms with E-state index in [9.17, 15) is 28.0 Å². The van der Waals surface area contributed by atoms with Crippen LogP contribution in [-0.2, 0) is 15.1 Å². The minimum atomic E-state index is -1.87. The smallest absolute Gasteiger partial charge is 0.325 e. The molecule has 26 heavy (non-hydrogen) atoms. The molecule has 8 nitrogen and oxygen atoms in total. The van der Waals surface area contributed by atoms with Crippen molar-refractivity contribution >= 4 is 23.9 Å². The molecule has 1 aliphatic heterocycles. The van der Waals surface area contributed by atoms with Crippen molar-refractivity contribution in [3.8, 4) is 0 Å². The van der Waals surface area contributed by atoms with Gasteiger partial charge in [-0.2, -0.15) is 0 Å². The summed E-state index contributed by atoms with van der Waals surface area (Å²) >= 11 is 0. The van der Waals surface area contributed by atoms with E-state index in [1.165, 1.54) is 6.92 Å². The number of nitrogens with zero attached hydrogens (tertiary/aromatic N) is 1. The third-order valence-electron chi connectivity index (χ3n) is 3.83. The Morgan fingerprint density at radius 3 is 2.62 bits per heavy atom. The van der Waals surface area contributed by atoms with E-state index in [0.29, 0.717) is 17.9 Å². The maximum absolute atomic E-state index is 14.0. The van der Waals surface area contributed by atoms with E-state index in [4.69, 9.17) is 0 Å². The summed E-state index contributed by atoms with van der Waals surface area (Å²) in [6.45, 7) is 2.63. The third kappa shape index (κ3) is 3.79. The Balaban J connectivity index is 2.14. The van der Waals surface area contributed by atoms with Crippen molar-refractivity contribution in [1.82, 2.24) is 20.9 Å². The Labute approximate surface area is 147 Å². The number of hydrogen-bond acceptors (Lipinski definition) is 4. The molecule has 0 aliphatic carbocycles. The molecule has 1 aliphatic rings. The quantitative estimate of drug-likeness (QED) is 0.673. The molecule has 1 fully saturated rings. The van der Waals surface area contributed by atoms with Crippen LogP contribution in [0.15, 0.2) is 18.2 Å². The van der Waals surface area contributed by atoms with Crippen molar-refractivity contribution < 1.29 is 28.0 Å². The summed E-state index contributed by atoms with van der Waals surface area (Å²) in [5, 5.41) is 6.63. The molecule has 1 aromatic rings. The molecule has 3 N–H and O–H groups in total. The van der Waals surface area contributed by atoms with Gasteiger partial charge in [0.1, 0.15) is 23.7 Å². The molecule has 1 saturated heterocycles. The Bertz CT molecular complexity index is 771. The lowest BCUT2D eigenvalue weighted by atomic mass is 9.91. The molecule has 1 atom stereocenters. The van der Waals surface area contributed by atoms with Crippen LogP contribution in [0, 0.1) is 11.6 Å². The minimum absolute atomic E-state index is 0.346. The first kappa shape index (κ1) is 19.3. The Hall–Kier alpha value is -3.04. The topological polar surface area (TPSA) is 108 Å². The van der Waals surface area contributed by atoms with Gasteiger partial charge in [-0.15, -0.1) is 0 Å². The summed E-state index contributed by atoms with van der Waals surface area (Å²) in [5.41, 5.74) is -2.23. The van der Waals surface area contributed by atoms with Crippen molar-refractivity contribution in [3.05, 3.63) is 35.4 Å². The molecule has 0 unspecified atom stereocenters. The highest BCUT2D eigenvalue weighted by Crippen LogP contribution is 2.31. The van der Waals surface area contributed by atoms with Gasteiger partial charge in [-0.1, -0.05) is 6.92 Å². The van der Waals surface area contributed by atoms with Crippen LogP contribution in [0.2, 0.25) is 0 Å². The molecule has 0 spiro atoms. The summed E-state index contributed by atoms with van der Waals surface area (Å²) in [5.74, 6) is -3.50. The largest absolute Gasteiger partial charge is 0.338 e. The molecule has 2 rings (SSSR count). The number of nitrogens with one attached hydrogen (secondary N) is 3. The van der Waals surface area contributed by atoms with Crippen LogP contribution < -0.4 is 16.0 Å². The number of benzene rings is 1. The van der Waals surface area contributed by atoms with Crippen LogP contribution in [0.4, 0.5) is 18.4 Å². The van der Waals surface area contributed by atoms with E-state index < -0.39 is 47.6 Å². The molecule has 10 heteroatoms. The molecular formula is C16H18F2N4O4. The maximum atomic E-state index is 14.0. The molecule has 1 heterocycles. The SMILES string of the molecule is CCCNC(=O)NC(=O)CN1C(=O)N[C@@](C)(c2cc(F)ccc2F)C1=O. The van der Waals surface area contributed by atoms with Gasteiger partial charge < -0.3 is 10.6 Å². The van der Waals surface area contributed by atoms with Gasteiger partial charge in [0.15, 0.2) is 0 Å². The number of rotatable bonds is 5. The van der Waals surface area contributed by atoms with Gasteiger partial charge in [-0.05, 0) is 31.5 Å². The highest BCUT2D eigenvalue weighted by molar-refractivity contribution is 6.10. The molecule has 0 aromatic heterocycles. The van der Waals surface area contributed by atoms with Crippen LogP contribution in [0.25, 0.3) is 0 Å². The zero-order valence-corrected chi connectivity index (χ0v) is 14.2. The normalized spacial score (nSPS) is 19.3. The van der Waals surface area contributed by atoms with Gasteiger partial charge in [0.25, 0.3) is 5.91 Å². The van der Waals surface area contributed by atoms with Crippen LogP contribution in [0.5, 0.6) is 0 Å². The lowest BCUT2D eigenvalue weighted by Crippen LogP contribution is -2.47. The molecular weight excluding hydrogens is 350 g/mol. The average molecular weight is 368 g/mol. The fourth-order valence-electron chi connectivity index (χ4n) is 2.50. The molecule has 0 bridgehead atoms. The predicted molar refractivity (Wildman–Crippen MR) is 85.8 cm³/mol. The van der Waals surface area contributed by atoms with Gasteiger partial charge in [0.2, 0.25) is 5.91 Å². The fourth-order valence-corrected chi connectivity index (χ4v) is 2.50. The lowest BCUT2D eigenvalue weighted by molar-refractivity contribution is -0.134. The van der Waals surface area contributed by atoms with E-state index in [1.807, 2.05) is 12.2 Å². The van der Waals surface area contributed by atoms with Crippen LogP contribution in [0.3, 0.4) is 0 Å². The average Bonchev–Trinajstić information content (AvgIpc) is 2.79. The second-order valence-electron chi connectivity index (χ2n) is 5.87. The standard InChI is InChI=1S/C16H18F2N4O4/c1-3-6-19-14(25)20-12(23)8-22-13(24)16(2,21-15(22)26)10-7-9(17)4-5-11(10)18/h4-5,7H,3,6,8H2,1-2H3,(H,21,26)(H2,19,20,23,25)/t16-/m0/s1. The molecule has 0 radical (unpaired) electrons. The number of hydrogen-bond donors (Lipinski definition) is 3. The van der Waals surface area contributed by atoms with Gasteiger partial charge in [0.05, 0.1) is 0 Å². The summed E-state index contributed by atoms with van der Waals surface area (Å²) < 4.78 is 27.5. The van der Waals surface area contributed by atoms with Crippen molar-refractivity contribution in [2.45, 2.75) is 25.8 Å². The number of urea groups is 2. The molecule has 140 valence electrons. The van der Waals surface area contributed by atoms with Crippen LogP contribution >= 0.6 is 0 Å². The lowest BCUT2D eigenvalue weighted by Gasteiger charge is -2.22. The zero-order valence-electron chi connectivity index (χ0n) is 14.2. The maximum Gasteiger partial charge on any atom is 0.325 e. The van der Waals surface area contributed by atoms with E-state index >= 15 is 0 Å². The van der Waals surface area contributed by atoms with Crippen LogP contribution in [-0.4, -0.2) is 41.9 Å². The van der Waals surface area contributed by atoms with Crippen molar-refractivity contribution in [2.75, 3.05) is 13.1 Å². The Kier molecular flexibility index (Phi) is 5.53. The number of halogens is 2. The second kappa shape index (κ2) is 7.46.